The average Bonchev–Trinajstić information content (AvgIpc) is 3.44. The molecule has 12 N–H and O–H groups in total. The Hall–Kier alpha value is -1.21. The van der Waals surface area contributed by atoms with Crippen molar-refractivity contribution in [1.29, 1.82) is 0 Å². The predicted octanol–water partition coefficient (Wildman–Crippen LogP) is 5.60. The molecule has 0 aromatic rings. The number of carbonyl (C=O) groups is 1. The highest BCUT2D eigenvalue weighted by Gasteiger charge is 2.53. The number of amides is 1. The Kier molecular flexibility index (Phi) is 38.7. The quantitative estimate of drug-likeness (QED) is 0.0330. The Bertz CT molecular complexity index is 1420. The highest BCUT2D eigenvalue weighted by molar-refractivity contribution is 5.75. The molecule has 0 aromatic carbocycles. The zero-order chi connectivity index (χ0) is 56.2. The van der Waals surface area contributed by atoms with Gasteiger partial charge in [-0.3, -0.25) is 4.79 Å². The fourth-order valence-corrected chi connectivity index (χ4v) is 10.9. The molecular formula is C58H111NO18. The van der Waals surface area contributed by atoms with E-state index in [1.807, 2.05) is 0 Å². The monoisotopic (exact) mass is 1110 g/mol. The van der Waals surface area contributed by atoms with Crippen LogP contribution >= 0.6 is 0 Å². The standard InChI is InChI=1S/C58H111NO18/c1-3-5-6-7-8-9-10-11-12-13-14-15-16-17-18-19-20-21-22-23-24-25-26-27-28-29-30-31-32-33-34-35-36-42(63)41(59-46(64)4-2)40-72-56-52(70)49(67)54(44(38-61)74-56)77-58-53(71)50(68)55(45(39-62)75-58)76-57-51(69)48(66)47(65)43(37-60)73-57/h41-45,47-58,60-63,65-71H,3-40H2,1-2H3,(H,59,64). The van der Waals surface area contributed by atoms with Gasteiger partial charge in [0.15, 0.2) is 18.9 Å². The SMILES string of the molecule is CCCCCCCCCCCCCCCCCCCCCCCCCCCCCCCCCCC(O)C(COC1OC(CO)C(OC2OC(CO)C(OC3OC(CO)C(O)C(O)C3O)C(O)C2O)C(O)C1O)NC(=O)CC. The fraction of sp³-hybridized carbons (Fsp3) is 0.983. The minimum absolute atomic E-state index is 0.150. The summed E-state index contributed by atoms with van der Waals surface area (Å²) in [6, 6.07) is -0.879. The molecule has 3 fully saturated rings. The van der Waals surface area contributed by atoms with Crippen molar-refractivity contribution in [3.63, 3.8) is 0 Å². The van der Waals surface area contributed by atoms with Crippen molar-refractivity contribution in [1.82, 2.24) is 5.32 Å². The zero-order valence-corrected chi connectivity index (χ0v) is 47.5. The largest absolute Gasteiger partial charge is 0.394 e. The summed E-state index contributed by atoms with van der Waals surface area (Å²) in [5.41, 5.74) is 0. The third-order valence-electron chi connectivity index (χ3n) is 16.0. The molecule has 0 saturated carbocycles. The van der Waals surface area contributed by atoms with Crippen LogP contribution in [0.4, 0.5) is 0 Å². The van der Waals surface area contributed by atoms with E-state index in [4.69, 9.17) is 28.4 Å². The van der Waals surface area contributed by atoms with Gasteiger partial charge in [-0.2, -0.15) is 0 Å². The highest BCUT2D eigenvalue weighted by Crippen LogP contribution is 2.33. The van der Waals surface area contributed by atoms with Crippen molar-refractivity contribution >= 4 is 5.91 Å². The van der Waals surface area contributed by atoms with E-state index in [9.17, 15) is 61.0 Å². The third-order valence-corrected chi connectivity index (χ3v) is 16.0. The minimum atomic E-state index is -1.97. The summed E-state index contributed by atoms with van der Waals surface area (Å²) >= 11 is 0. The summed E-state index contributed by atoms with van der Waals surface area (Å²) in [4.78, 5) is 12.5. The topological polar surface area (TPSA) is 307 Å². The summed E-state index contributed by atoms with van der Waals surface area (Å²) in [7, 11) is 0. The van der Waals surface area contributed by atoms with E-state index >= 15 is 0 Å². The van der Waals surface area contributed by atoms with Gasteiger partial charge in [0.05, 0.1) is 38.6 Å². The Morgan fingerprint density at radius 1 is 0.416 bits per heavy atom. The number of ether oxygens (including phenoxy) is 6. The first-order valence-corrected chi connectivity index (χ1v) is 30.8. The van der Waals surface area contributed by atoms with Gasteiger partial charge in [0.1, 0.15) is 73.2 Å². The van der Waals surface area contributed by atoms with Gasteiger partial charge >= 0.3 is 0 Å². The maximum atomic E-state index is 12.5. The molecule has 19 heteroatoms. The number of hydrogen-bond acceptors (Lipinski definition) is 18. The smallest absolute Gasteiger partial charge is 0.220 e. The first-order chi connectivity index (χ1) is 37.3. The molecule has 3 aliphatic heterocycles. The van der Waals surface area contributed by atoms with Crippen LogP contribution < -0.4 is 5.32 Å². The number of aliphatic hydroxyl groups excluding tert-OH is 11. The van der Waals surface area contributed by atoms with Crippen LogP contribution in [0.1, 0.15) is 232 Å². The number of rotatable bonds is 46. The highest BCUT2D eigenvalue weighted by atomic mass is 16.8. The second-order valence-corrected chi connectivity index (χ2v) is 22.5. The molecule has 0 bridgehead atoms. The average molecular weight is 1110 g/mol. The van der Waals surface area contributed by atoms with Crippen LogP contribution in [0.25, 0.3) is 0 Å². The molecule has 77 heavy (non-hydrogen) atoms. The van der Waals surface area contributed by atoms with Crippen molar-refractivity contribution in [3.05, 3.63) is 0 Å². The summed E-state index contributed by atoms with van der Waals surface area (Å²) in [5, 5.41) is 119. The van der Waals surface area contributed by atoms with Gasteiger partial charge in [-0.1, -0.05) is 219 Å². The van der Waals surface area contributed by atoms with Crippen LogP contribution in [0.15, 0.2) is 0 Å². The fourth-order valence-electron chi connectivity index (χ4n) is 10.9. The summed E-state index contributed by atoms with van der Waals surface area (Å²) in [6.45, 7) is 1.25. The number of unbranched alkanes of at least 4 members (excludes halogenated alkanes) is 31. The Balaban J connectivity index is 1.22. The van der Waals surface area contributed by atoms with E-state index in [1.54, 1.807) is 6.92 Å². The lowest BCUT2D eigenvalue weighted by atomic mass is 9.96. The normalized spacial score (nSPS) is 30.6. The number of carbonyl (C=O) groups excluding carboxylic acids is 1. The summed E-state index contributed by atoms with van der Waals surface area (Å²) in [6.07, 6.45) is 16.7. The van der Waals surface area contributed by atoms with Gasteiger partial charge in [-0.15, -0.1) is 0 Å². The first kappa shape index (κ1) is 70.1. The molecule has 17 atom stereocenters. The number of nitrogens with one attached hydrogen (secondary N) is 1. The molecule has 3 aliphatic rings. The first-order valence-electron chi connectivity index (χ1n) is 30.8. The molecule has 19 nitrogen and oxygen atoms in total. The summed E-state index contributed by atoms with van der Waals surface area (Å²) in [5.74, 6) is -0.328. The van der Waals surface area contributed by atoms with Crippen LogP contribution in [0.5, 0.6) is 0 Å². The molecule has 3 saturated heterocycles. The predicted molar refractivity (Wildman–Crippen MR) is 291 cm³/mol. The molecule has 17 unspecified atom stereocenters. The van der Waals surface area contributed by atoms with Crippen LogP contribution in [0, 0.1) is 0 Å². The molecule has 456 valence electrons. The van der Waals surface area contributed by atoms with Gasteiger partial charge in [0, 0.05) is 6.42 Å². The molecule has 1 amide bonds. The van der Waals surface area contributed by atoms with E-state index in [0.29, 0.717) is 6.42 Å². The van der Waals surface area contributed by atoms with Crippen molar-refractivity contribution in [2.45, 2.75) is 336 Å². The van der Waals surface area contributed by atoms with E-state index < -0.39 is 124 Å². The van der Waals surface area contributed by atoms with Crippen molar-refractivity contribution < 1.29 is 89.4 Å². The minimum Gasteiger partial charge on any atom is -0.394 e. The maximum Gasteiger partial charge on any atom is 0.220 e. The number of aliphatic hydroxyl groups is 11. The number of hydrogen-bond donors (Lipinski definition) is 12. The van der Waals surface area contributed by atoms with E-state index in [1.165, 1.54) is 180 Å². The van der Waals surface area contributed by atoms with Crippen LogP contribution in [-0.2, 0) is 33.2 Å². The van der Waals surface area contributed by atoms with E-state index in [-0.39, 0.29) is 18.9 Å². The van der Waals surface area contributed by atoms with E-state index in [2.05, 4.69) is 12.2 Å². The van der Waals surface area contributed by atoms with Crippen LogP contribution in [-0.4, -0.2) is 193 Å². The zero-order valence-electron chi connectivity index (χ0n) is 47.5. The second-order valence-electron chi connectivity index (χ2n) is 22.5. The van der Waals surface area contributed by atoms with Gasteiger partial charge in [0.2, 0.25) is 5.91 Å². The lowest BCUT2D eigenvalue weighted by Gasteiger charge is -2.48. The Labute approximate surface area is 462 Å². The van der Waals surface area contributed by atoms with E-state index in [0.717, 1.165) is 25.7 Å². The lowest BCUT2D eigenvalue weighted by molar-refractivity contribution is -0.379. The van der Waals surface area contributed by atoms with Crippen molar-refractivity contribution in [2.75, 3.05) is 26.4 Å². The van der Waals surface area contributed by atoms with Crippen molar-refractivity contribution in [2.24, 2.45) is 0 Å². The molecule has 3 heterocycles. The Morgan fingerprint density at radius 2 is 0.727 bits per heavy atom. The molecule has 0 aromatic heterocycles. The molecule has 0 radical (unpaired) electrons. The van der Waals surface area contributed by atoms with Gasteiger partial charge in [-0.25, -0.2) is 0 Å². The Morgan fingerprint density at radius 3 is 1.08 bits per heavy atom. The molecular weight excluding hydrogens is 999 g/mol. The summed E-state index contributed by atoms with van der Waals surface area (Å²) < 4.78 is 33.9. The van der Waals surface area contributed by atoms with Gasteiger partial charge in [0.25, 0.3) is 0 Å². The molecule has 0 spiro atoms. The van der Waals surface area contributed by atoms with Gasteiger partial charge < -0.3 is 89.9 Å². The molecule has 3 rings (SSSR count). The third kappa shape index (κ3) is 26.7. The second kappa shape index (κ2) is 42.6. The van der Waals surface area contributed by atoms with Crippen LogP contribution in [0.2, 0.25) is 0 Å². The van der Waals surface area contributed by atoms with Crippen molar-refractivity contribution in [3.8, 4) is 0 Å². The molecule has 0 aliphatic carbocycles. The lowest BCUT2D eigenvalue weighted by Crippen LogP contribution is -2.66. The maximum absolute atomic E-state index is 12.5. The van der Waals surface area contributed by atoms with Crippen LogP contribution in [0.3, 0.4) is 0 Å². The van der Waals surface area contributed by atoms with Gasteiger partial charge in [-0.05, 0) is 6.42 Å².